The zero-order valence-corrected chi connectivity index (χ0v) is 23.1. The summed E-state index contributed by atoms with van der Waals surface area (Å²) in [6.07, 6.45) is 17.4. The van der Waals surface area contributed by atoms with Crippen molar-refractivity contribution >= 4 is 37.0 Å². The first-order chi connectivity index (χ1) is 17.1. The molecule has 0 spiro atoms. The molecular weight excluding hydrogens is 485 g/mol. The van der Waals surface area contributed by atoms with E-state index in [0.717, 1.165) is 12.2 Å². The van der Waals surface area contributed by atoms with Crippen LogP contribution in [0.2, 0.25) is 0 Å². The standard InChI is InChI=1S/C24H43N5O4PS/c1-3-4-5-6-7-8-9-10-11-12-15-35-16-13-14-32-34(30)33-20-31-21(2)17-29-19-28-22-23(25)26-18-27-24(22)29/h18-19,21H,3-17,20H2,1-2H3,(H2,25,26,27)/q+1/t21-/m1/s1. The van der Waals surface area contributed by atoms with E-state index >= 15 is 0 Å². The van der Waals surface area contributed by atoms with E-state index in [0.29, 0.717) is 30.1 Å². The number of nitrogens with zero attached hydrogens (tertiary/aromatic N) is 4. The molecule has 2 atom stereocenters. The molecule has 0 aliphatic rings. The highest BCUT2D eigenvalue weighted by Gasteiger charge is 2.21. The first-order valence-corrected chi connectivity index (χ1v) is 15.2. The number of unbranched alkanes of at least 4 members (excludes halogenated alkanes) is 9. The van der Waals surface area contributed by atoms with Crippen LogP contribution in [0.4, 0.5) is 5.82 Å². The van der Waals surface area contributed by atoms with E-state index in [4.69, 9.17) is 19.5 Å². The minimum atomic E-state index is -2.18. The fraction of sp³-hybridized carbons (Fsp3) is 0.792. The van der Waals surface area contributed by atoms with Crippen molar-refractivity contribution in [3.8, 4) is 0 Å². The van der Waals surface area contributed by atoms with Crippen molar-refractivity contribution in [1.29, 1.82) is 0 Å². The van der Waals surface area contributed by atoms with E-state index < -0.39 is 8.25 Å². The number of nitrogens with two attached hydrogens (primary N) is 1. The predicted molar refractivity (Wildman–Crippen MR) is 144 cm³/mol. The molecule has 9 nitrogen and oxygen atoms in total. The molecule has 0 aromatic carbocycles. The Kier molecular flexibility index (Phi) is 16.1. The zero-order chi connectivity index (χ0) is 25.1. The molecule has 198 valence electrons. The molecule has 0 bridgehead atoms. The van der Waals surface area contributed by atoms with Crippen LogP contribution in [-0.2, 0) is 24.9 Å². The molecule has 0 aliphatic carbocycles. The number of thioether (sulfide) groups is 1. The SMILES string of the molecule is CCCCCCCCCCCCSCCCO[P+](=O)OCO[C@H](C)Cn1cnc2c(N)ncnc21. The normalized spacial score (nSPS) is 12.9. The van der Waals surface area contributed by atoms with Crippen LogP contribution in [-0.4, -0.2) is 50.5 Å². The minimum absolute atomic E-state index is 0.104. The third kappa shape index (κ3) is 13.0. The van der Waals surface area contributed by atoms with Crippen molar-refractivity contribution in [2.24, 2.45) is 0 Å². The lowest BCUT2D eigenvalue weighted by atomic mass is 10.1. The highest BCUT2D eigenvalue weighted by Crippen LogP contribution is 2.24. The molecule has 2 aromatic rings. The summed E-state index contributed by atoms with van der Waals surface area (Å²) >= 11 is 1.94. The summed E-state index contributed by atoms with van der Waals surface area (Å²) in [5, 5.41) is 0. The van der Waals surface area contributed by atoms with Gasteiger partial charge in [0, 0.05) is 4.57 Å². The van der Waals surface area contributed by atoms with Crippen LogP contribution in [0.15, 0.2) is 12.7 Å². The molecule has 0 saturated carbocycles. The van der Waals surface area contributed by atoms with E-state index in [1.165, 1.54) is 76.3 Å². The van der Waals surface area contributed by atoms with Gasteiger partial charge < -0.3 is 15.0 Å². The lowest BCUT2D eigenvalue weighted by molar-refractivity contribution is -0.0367. The molecule has 0 radical (unpaired) electrons. The third-order valence-electron chi connectivity index (χ3n) is 5.67. The van der Waals surface area contributed by atoms with E-state index in [1.807, 2.05) is 23.3 Å². The van der Waals surface area contributed by atoms with Gasteiger partial charge in [-0.1, -0.05) is 69.2 Å². The number of aromatic nitrogens is 4. The van der Waals surface area contributed by atoms with Crippen LogP contribution in [0, 0.1) is 0 Å². The molecule has 2 aromatic heterocycles. The van der Waals surface area contributed by atoms with Gasteiger partial charge in [0.1, 0.15) is 18.5 Å². The van der Waals surface area contributed by atoms with Gasteiger partial charge in [0.2, 0.25) is 6.79 Å². The van der Waals surface area contributed by atoms with E-state index in [1.54, 1.807) is 6.33 Å². The highest BCUT2D eigenvalue weighted by molar-refractivity contribution is 7.99. The Morgan fingerprint density at radius 1 is 0.971 bits per heavy atom. The second-order valence-corrected chi connectivity index (χ2v) is 10.9. The average Bonchev–Trinajstić information content (AvgIpc) is 3.25. The molecule has 1 unspecified atom stereocenters. The van der Waals surface area contributed by atoms with Crippen LogP contribution >= 0.6 is 20.0 Å². The number of hydrogen-bond acceptors (Lipinski definition) is 9. The first-order valence-electron chi connectivity index (χ1n) is 13.0. The predicted octanol–water partition coefficient (Wildman–Crippen LogP) is 6.51. The number of rotatable bonds is 22. The van der Waals surface area contributed by atoms with Crippen molar-refractivity contribution in [2.45, 2.75) is 97.1 Å². The first kappa shape index (κ1) is 29.9. The van der Waals surface area contributed by atoms with Crippen LogP contribution < -0.4 is 5.73 Å². The monoisotopic (exact) mass is 528 g/mol. The molecule has 0 saturated heterocycles. The summed E-state index contributed by atoms with van der Waals surface area (Å²) in [6, 6.07) is 0. The average molecular weight is 529 g/mol. The van der Waals surface area contributed by atoms with Gasteiger partial charge in [-0.15, -0.1) is 4.52 Å². The number of fused-ring (bicyclic) bond motifs is 1. The van der Waals surface area contributed by atoms with Gasteiger partial charge in [0.15, 0.2) is 11.5 Å². The molecule has 2 N–H and O–H groups in total. The van der Waals surface area contributed by atoms with E-state index in [9.17, 15) is 4.57 Å². The lowest BCUT2D eigenvalue weighted by Crippen LogP contribution is -2.17. The second-order valence-electron chi connectivity index (χ2n) is 8.76. The molecule has 11 heteroatoms. The lowest BCUT2D eigenvalue weighted by Gasteiger charge is -2.11. The summed E-state index contributed by atoms with van der Waals surface area (Å²) in [5.74, 6) is 2.55. The summed E-state index contributed by atoms with van der Waals surface area (Å²) in [4.78, 5) is 12.4. The van der Waals surface area contributed by atoms with Gasteiger partial charge in [-0.05, 0) is 31.3 Å². The Morgan fingerprint density at radius 2 is 1.66 bits per heavy atom. The molecule has 0 amide bonds. The van der Waals surface area contributed by atoms with Gasteiger partial charge >= 0.3 is 8.25 Å². The fourth-order valence-corrected chi connectivity index (χ4v) is 5.12. The molecule has 2 heterocycles. The van der Waals surface area contributed by atoms with Crippen molar-refractivity contribution in [3.05, 3.63) is 12.7 Å². The van der Waals surface area contributed by atoms with Crippen molar-refractivity contribution in [3.63, 3.8) is 0 Å². The number of hydrogen-bond donors (Lipinski definition) is 1. The summed E-state index contributed by atoms with van der Waals surface area (Å²) in [5.41, 5.74) is 7.01. The van der Waals surface area contributed by atoms with Crippen LogP contribution in [0.1, 0.15) is 84.5 Å². The Morgan fingerprint density at radius 3 is 2.40 bits per heavy atom. The van der Waals surface area contributed by atoms with E-state index in [2.05, 4.69) is 21.9 Å². The number of nitrogen functional groups attached to an aromatic ring is 1. The maximum Gasteiger partial charge on any atom is 0.699 e. The maximum absolute atomic E-state index is 11.9. The Bertz CT molecular complexity index is 841. The maximum atomic E-state index is 11.9. The second kappa shape index (κ2) is 18.9. The molecular formula is C24H43N5O4PS+. The largest absolute Gasteiger partial charge is 0.699 e. The number of anilines is 1. The van der Waals surface area contributed by atoms with Crippen molar-refractivity contribution in [2.75, 3.05) is 30.6 Å². The van der Waals surface area contributed by atoms with Crippen molar-refractivity contribution < 1.29 is 18.3 Å². The molecule has 0 fully saturated rings. The highest BCUT2D eigenvalue weighted by atomic mass is 32.2. The third-order valence-corrected chi connectivity index (χ3v) is 7.53. The van der Waals surface area contributed by atoms with Gasteiger partial charge in [-0.3, -0.25) is 0 Å². The summed E-state index contributed by atoms with van der Waals surface area (Å²) in [6.45, 7) is 4.98. The Hall–Kier alpha value is -1.32. The van der Waals surface area contributed by atoms with Crippen LogP contribution in [0.3, 0.4) is 0 Å². The fourth-order valence-electron chi connectivity index (χ4n) is 3.68. The van der Waals surface area contributed by atoms with Gasteiger partial charge in [-0.25, -0.2) is 15.0 Å². The van der Waals surface area contributed by atoms with E-state index in [-0.39, 0.29) is 12.9 Å². The zero-order valence-electron chi connectivity index (χ0n) is 21.4. The van der Waals surface area contributed by atoms with Crippen LogP contribution in [0.5, 0.6) is 0 Å². The number of imidazole rings is 1. The molecule has 2 rings (SSSR count). The summed E-state index contributed by atoms with van der Waals surface area (Å²) < 4.78 is 29.7. The van der Waals surface area contributed by atoms with Crippen molar-refractivity contribution in [1.82, 2.24) is 19.5 Å². The van der Waals surface area contributed by atoms with Crippen LogP contribution in [0.25, 0.3) is 11.2 Å². The van der Waals surface area contributed by atoms with Gasteiger partial charge in [0.25, 0.3) is 0 Å². The minimum Gasteiger partial charge on any atom is -0.382 e. The molecule has 0 aliphatic heterocycles. The molecule has 35 heavy (non-hydrogen) atoms. The van der Waals surface area contributed by atoms with Gasteiger partial charge in [0.05, 0.1) is 19.0 Å². The summed E-state index contributed by atoms with van der Waals surface area (Å²) in [7, 11) is -2.18. The smallest absolute Gasteiger partial charge is 0.382 e. The Balaban J connectivity index is 1.38. The topological polar surface area (TPSA) is 114 Å². The number of ether oxygens (including phenoxy) is 1. The Labute approximate surface area is 215 Å². The van der Waals surface area contributed by atoms with Gasteiger partial charge in [-0.2, -0.15) is 11.8 Å². The quantitative estimate of drug-likeness (QED) is 0.104.